The fraction of sp³-hybridized carbons (Fsp3) is 0.136. The number of aryl methyl sites for hydroxylation is 1. The Morgan fingerprint density at radius 1 is 1.03 bits per heavy atom. The number of halogens is 4. The molecule has 150 valence electrons. The summed E-state index contributed by atoms with van der Waals surface area (Å²) in [4.78, 5) is 12.3. The zero-order valence-electron chi connectivity index (χ0n) is 15.1. The number of carbonyl (C=O) groups excluding carboxylic acids is 1. The molecule has 0 bridgehead atoms. The molecule has 0 fully saturated rings. The van der Waals surface area contributed by atoms with E-state index in [4.69, 9.17) is 4.74 Å². The smallest absolute Gasteiger partial charge is 0.423 e. The average molecular weight is 404 g/mol. The highest BCUT2D eigenvalue weighted by Crippen LogP contribution is 2.32. The molecule has 0 saturated heterocycles. The minimum Gasteiger partial charge on any atom is -0.423 e. The van der Waals surface area contributed by atoms with Gasteiger partial charge in [-0.1, -0.05) is 24.3 Å². The summed E-state index contributed by atoms with van der Waals surface area (Å²) < 4.78 is 60.2. The lowest BCUT2D eigenvalue weighted by atomic mass is 10.1. The summed E-state index contributed by atoms with van der Waals surface area (Å²) >= 11 is 0. The van der Waals surface area contributed by atoms with Gasteiger partial charge in [0.05, 0.1) is 5.56 Å². The zero-order chi connectivity index (χ0) is 21.0. The van der Waals surface area contributed by atoms with Crippen molar-refractivity contribution in [3.8, 4) is 11.5 Å². The Hall–Kier alpha value is -3.35. The molecule has 3 aromatic rings. The van der Waals surface area contributed by atoms with Crippen LogP contribution in [0.3, 0.4) is 0 Å². The first-order valence-corrected chi connectivity index (χ1v) is 8.67. The first-order chi connectivity index (χ1) is 13.8. The van der Waals surface area contributed by atoms with Gasteiger partial charge in [0.1, 0.15) is 5.75 Å². The van der Waals surface area contributed by atoms with Gasteiger partial charge in [-0.3, -0.25) is 0 Å². The van der Waals surface area contributed by atoms with Crippen molar-refractivity contribution in [2.75, 3.05) is 0 Å². The molecular weight excluding hydrogens is 388 g/mol. The second-order valence-corrected chi connectivity index (χ2v) is 6.22. The second-order valence-electron chi connectivity index (χ2n) is 6.22. The van der Waals surface area contributed by atoms with Crippen LogP contribution in [0.5, 0.6) is 11.5 Å². The van der Waals surface area contributed by atoms with E-state index in [1.165, 1.54) is 24.3 Å². The SMILES string of the molecule is C=CCCc1ccc(C(=O)Oc2ccc3c(F)c(OC(F)(F)F)ccc3c2)cc1. The van der Waals surface area contributed by atoms with Crippen molar-refractivity contribution < 1.29 is 31.8 Å². The van der Waals surface area contributed by atoms with Crippen LogP contribution >= 0.6 is 0 Å². The monoisotopic (exact) mass is 404 g/mol. The summed E-state index contributed by atoms with van der Waals surface area (Å²) in [5.74, 6) is -2.53. The summed E-state index contributed by atoms with van der Waals surface area (Å²) in [6.07, 6.45) is -1.55. The molecule has 0 heterocycles. The maximum Gasteiger partial charge on any atom is 0.573 e. The van der Waals surface area contributed by atoms with Gasteiger partial charge < -0.3 is 9.47 Å². The average Bonchev–Trinajstić information content (AvgIpc) is 2.68. The van der Waals surface area contributed by atoms with E-state index in [0.717, 1.165) is 24.5 Å². The normalized spacial score (nSPS) is 11.3. The molecule has 0 saturated carbocycles. The number of ether oxygens (including phenoxy) is 2. The number of esters is 1. The van der Waals surface area contributed by atoms with Crippen molar-refractivity contribution >= 4 is 16.7 Å². The Morgan fingerprint density at radius 2 is 1.76 bits per heavy atom. The minimum absolute atomic E-state index is 0.0851. The Morgan fingerprint density at radius 3 is 2.41 bits per heavy atom. The number of allylic oxidation sites excluding steroid dienone is 1. The Bertz CT molecular complexity index is 1040. The minimum atomic E-state index is -4.99. The molecule has 0 atom stereocenters. The van der Waals surface area contributed by atoms with E-state index in [0.29, 0.717) is 5.56 Å². The van der Waals surface area contributed by atoms with Crippen LogP contribution in [0.1, 0.15) is 22.3 Å². The summed E-state index contributed by atoms with van der Waals surface area (Å²) in [6.45, 7) is 3.66. The van der Waals surface area contributed by atoms with E-state index in [9.17, 15) is 22.4 Å². The number of carbonyl (C=O) groups is 1. The third-order valence-corrected chi connectivity index (χ3v) is 4.15. The van der Waals surface area contributed by atoms with Crippen molar-refractivity contribution in [2.24, 2.45) is 0 Å². The van der Waals surface area contributed by atoms with Gasteiger partial charge >= 0.3 is 12.3 Å². The standard InChI is InChI=1S/C22H16F4O3/c1-2-3-4-14-5-7-15(8-6-14)21(27)28-17-10-11-18-16(13-17)9-12-19(20(18)23)29-22(24,25)26/h2,5-13H,1,3-4H2. The number of hydrogen-bond acceptors (Lipinski definition) is 3. The molecule has 3 nitrogen and oxygen atoms in total. The number of alkyl halides is 3. The first kappa shape index (κ1) is 20.4. The van der Waals surface area contributed by atoms with Gasteiger partial charge in [-0.2, -0.15) is 0 Å². The van der Waals surface area contributed by atoms with Gasteiger partial charge in [0.15, 0.2) is 11.6 Å². The van der Waals surface area contributed by atoms with Crippen molar-refractivity contribution in [3.63, 3.8) is 0 Å². The maximum atomic E-state index is 14.2. The molecule has 0 unspecified atom stereocenters. The van der Waals surface area contributed by atoms with E-state index in [-0.39, 0.29) is 16.5 Å². The van der Waals surface area contributed by atoms with Gasteiger partial charge in [-0.15, -0.1) is 19.8 Å². The Labute approximate surface area is 164 Å². The van der Waals surface area contributed by atoms with E-state index < -0.39 is 23.9 Å². The van der Waals surface area contributed by atoms with Gasteiger partial charge in [0.2, 0.25) is 0 Å². The highest BCUT2D eigenvalue weighted by Gasteiger charge is 2.32. The molecule has 0 aliphatic heterocycles. The number of rotatable bonds is 6. The zero-order valence-corrected chi connectivity index (χ0v) is 15.1. The van der Waals surface area contributed by atoms with Crippen molar-refractivity contribution in [1.29, 1.82) is 0 Å². The lowest BCUT2D eigenvalue weighted by molar-refractivity contribution is -0.275. The fourth-order valence-corrected chi connectivity index (χ4v) is 2.76. The topological polar surface area (TPSA) is 35.5 Å². The molecule has 0 aromatic heterocycles. The summed E-state index contributed by atoms with van der Waals surface area (Å²) in [5, 5.41) is 0.181. The fourth-order valence-electron chi connectivity index (χ4n) is 2.76. The van der Waals surface area contributed by atoms with Crippen LogP contribution in [0.25, 0.3) is 10.8 Å². The van der Waals surface area contributed by atoms with Crippen LogP contribution < -0.4 is 9.47 Å². The number of fused-ring (bicyclic) bond motifs is 1. The van der Waals surface area contributed by atoms with Crippen molar-refractivity contribution in [2.45, 2.75) is 19.2 Å². The summed E-state index contributed by atoms with van der Waals surface area (Å²) in [6, 6.07) is 12.9. The molecule has 0 spiro atoms. The molecule has 0 aliphatic carbocycles. The predicted octanol–water partition coefficient (Wildman–Crippen LogP) is 6.22. The number of benzene rings is 3. The van der Waals surface area contributed by atoms with Crippen LogP contribution in [0, 0.1) is 5.82 Å². The van der Waals surface area contributed by atoms with E-state index in [1.54, 1.807) is 12.1 Å². The quantitative estimate of drug-likeness (QED) is 0.212. The Balaban J connectivity index is 1.77. The molecule has 0 N–H and O–H groups in total. The summed E-state index contributed by atoms with van der Waals surface area (Å²) in [7, 11) is 0. The van der Waals surface area contributed by atoms with Crippen LogP contribution in [0.2, 0.25) is 0 Å². The highest BCUT2D eigenvalue weighted by molar-refractivity contribution is 5.92. The molecule has 0 amide bonds. The van der Waals surface area contributed by atoms with Gasteiger partial charge in [0, 0.05) is 5.39 Å². The molecule has 0 radical (unpaired) electrons. The third kappa shape index (κ3) is 5.13. The molecular formula is C22H16F4O3. The summed E-state index contributed by atoms with van der Waals surface area (Å²) in [5.41, 5.74) is 1.40. The maximum absolute atomic E-state index is 14.2. The van der Waals surface area contributed by atoms with Gasteiger partial charge in [-0.05, 0) is 60.2 Å². The molecule has 29 heavy (non-hydrogen) atoms. The lowest BCUT2D eigenvalue weighted by Gasteiger charge is -2.12. The lowest BCUT2D eigenvalue weighted by Crippen LogP contribution is -2.18. The Kier molecular flexibility index (Phi) is 5.87. The van der Waals surface area contributed by atoms with Crippen LogP contribution in [0.15, 0.2) is 67.3 Å². The van der Waals surface area contributed by atoms with Gasteiger partial charge in [-0.25, -0.2) is 9.18 Å². The van der Waals surface area contributed by atoms with E-state index in [1.807, 2.05) is 18.2 Å². The van der Waals surface area contributed by atoms with Crippen LogP contribution in [-0.2, 0) is 6.42 Å². The largest absolute Gasteiger partial charge is 0.573 e. The molecule has 3 aromatic carbocycles. The highest BCUT2D eigenvalue weighted by atomic mass is 19.4. The molecule has 0 aliphatic rings. The van der Waals surface area contributed by atoms with Crippen LogP contribution in [-0.4, -0.2) is 12.3 Å². The van der Waals surface area contributed by atoms with Crippen LogP contribution in [0.4, 0.5) is 17.6 Å². The molecule has 3 rings (SSSR count). The number of hydrogen-bond donors (Lipinski definition) is 0. The van der Waals surface area contributed by atoms with Crippen molar-refractivity contribution in [3.05, 3.63) is 84.2 Å². The predicted molar refractivity (Wildman–Crippen MR) is 101 cm³/mol. The van der Waals surface area contributed by atoms with Gasteiger partial charge in [0.25, 0.3) is 0 Å². The molecule has 7 heteroatoms. The van der Waals surface area contributed by atoms with E-state index in [2.05, 4.69) is 11.3 Å². The third-order valence-electron chi connectivity index (χ3n) is 4.15. The first-order valence-electron chi connectivity index (χ1n) is 8.67. The second kappa shape index (κ2) is 8.34. The van der Waals surface area contributed by atoms with Crippen molar-refractivity contribution in [1.82, 2.24) is 0 Å². The van der Waals surface area contributed by atoms with E-state index >= 15 is 0 Å².